The molecule has 0 aliphatic carbocycles. The van der Waals surface area contributed by atoms with E-state index in [2.05, 4.69) is 10.6 Å². The lowest BCUT2D eigenvalue weighted by Gasteiger charge is -2.15. The Morgan fingerprint density at radius 3 is 2.33 bits per heavy atom. The molecule has 2 N–H and O–H groups in total. The normalized spacial score (nSPS) is 10.7. The Kier molecular flexibility index (Phi) is 10.6. The summed E-state index contributed by atoms with van der Waals surface area (Å²) in [5.41, 5.74) is 1.30. The van der Waals surface area contributed by atoms with Gasteiger partial charge in [0.25, 0.3) is 11.8 Å². The summed E-state index contributed by atoms with van der Waals surface area (Å²) >= 11 is 6.46. The number of carbonyl (C=O) groups excluding carboxylic acids is 2. The first-order valence-electron chi connectivity index (χ1n) is 12.1. The fraction of sp³-hybridized carbons (Fsp3) is 0.207. The van der Waals surface area contributed by atoms with E-state index < -0.39 is 11.8 Å². The minimum absolute atomic E-state index is 0.140. The Morgan fingerprint density at radius 1 is 0.949 bits per heavy atom. The Balaban J connectivity index is 1.75. The van der Waals surface area contributed by atoms with E-state index in [4.69, 9.17) is 30.5 Å². The van der Waals surface area contributed by atoms with Crippen molar-refractivity contribution in [3.05, 3.63) is 76.8 Å². The zero-order valence-electron chi connectivity index (χ0n) is 21.7. The molecule has 0 aliphatic rings. The van der Waals surface area contributed by atoms with E-state index in [0.717, 1.165) is 0 Å². The minimum atomic E-state index is -0.593. The van der Waals surface area contributed by atoms with Crippen LogP contribution in [0.3, 0.4) is 0 Å². The standard InChI is InChI=1S/C29H28ClN3O6/c1-4-37-22-12-10-21(11-13-22)32-29(35)20(17-31)14-19-15-23(30)28(26(16-19)38-5-2)39-18-27(34)33-24-8-6-7-9-25(24)36-3/h6-16H,4-5,18H2,1-3H3,(H,32,35)(H,33,34)/b20-14+. The largest absolute Gasteiger partial charge is 0.495 e. The van der Waals surface area contributed by atoms with Gasteiger partial charge in [0.15, 0.2) is 18.1 Å². The van der Waals surface area contributed by atoms with Gasteiger partial charge < -0.3 is 29.6 Å². The molecule has 2 amide bonds. The molecular formula is C29H28ClN3O6. The average molecular weight is 550 g/mol. The fourth-order valence-corrected chi connectivity index (χ4v) is 3.73. The van der Waals surface area contributed by atoms with E-state index in [0.29, 0.717) is 35.0 Å². The fourth-order valence-electron chi connectivity index (χ4n) is 3.46. The lowest BCUT2D eigenvalue weighted by molar-refractivity contribution is -0.118. The highest BCUT2D eigenvalue weighted by Crippen LogP contribution is 2.37. The Morgan fingerprint density at radius 2 is 1.67 bits per heavy atom. The summed E-state index contributed by atoms with van der Waals surface area (Å²) in [6.07, 6.45) is 1.39. The number of nitrogens with one attached hydrogen (secondary N) is 2. The van der Waals surface area contributed by atoms with E-state index in [1.807, 2.05) is 13.0 Å². The van der Waals surface area contributed by atoms with Crippen LogP contribution in [0.5, 0.6) is 23.0 Å². The molecule has 3 aromatic carbocycles. The van der Waals surface area contributed by atoms with E-state index in [1.54, 1.807) is 61.5 Å². The van der Waals surface area contributed by atoms with Gasteiger partial charge >= 0.3 is 0 Å². The highest BCUT2D eigenvalue weighted by molar-refractivity contribution is 6.32. The first-order chi connectivity index (χ1) is 18.9. The number of nitrogens with zero attached hydrogens (tertiary/aromatic N) is 1. The molecule has 9 nitrogen and oxygen atoms in total. The van der Waals surface area contributed by atoms with Crippen LogP contribution in [0.15, 0.2) is 66.2 Å². The summed E-state index contributed by atoms with van der Waals surface area (Å²) in [6.45, 7) is 4.12. The number of rotatable bonds is 12. The van der Waals surface area contributed by atoms with Crippen molar-refractivity contribution >= 4 is 40.9 Å². The summed E-state index contributed by atoms with van der Waals surface area (Å²) in [5.74, 6) is 0.566. The van der Waals surface area contributed by atoms with Crippen LogP contribution in [0.2, 0.25) is 5.02 Å². The van der Waals surface area contributed by atoms with Crippen molar-refractivity contribution in [2.24, 2.45) is 0 Å². The lowest BCUT2D eigenvalue weighted by Crippen LogP contribution is -2.21. The molecule has 3 rings (SSSR count). The third-order valence-electron chi connectivity index (χ3n) is 5.16. The van der Waals surface area contributed by atoms with E-state index in [1.165, 1.54) is 19.3 Å². The molecule has 0 atom stereocenters. The van der Waals surface area contributed by atoms with Crippen LogP contribution in [0.4, 0.5) is 11.4 Å². The summed E-state index contributed by atoms with van der Waals surface area (Å²) in [7, 11) is 1.51. The van der Waals surface area contributed by atoms with E-state index in [9.17, 15) is 14.9 Å². The molecule has 0 spiro atoms. The molecule has 10 heteroatoms. The number of carbonyl (C=O) groups is 2. The number of hydrogen-bond donors (Lipinski definition) is 2. The zero-order valence-corrected chi connectivity index (χ0v) is 22.5. The van der Waals surface area contributed by atoms with Crippen molar-refractivity contribution in [1.82, 2.24) is 0 Å². The number of halogens is 1. The number of methoxy groups -OCH3 is 1. The SMILES string of the molecule is CCOc1ccc(NC(=O)/C(C#N)=C/c2cc(Cl)c(OCC(=O)Nc3ccccc3OC)c(OCC)c2)cc1. The number of amides is 2. The topological polar surface area (TPSA) is 119 Å². The molecular weight excluding hydrogens is 522 g/mol. The van der Waals surface area contributed by atoms with Crippen LogP contribution >= 0.6 is 11.6 Å². The molecule has 0 radical (unpaired) electrons. The second-order valence-corrected chi connectivity index (χ2v) is 8.29. The molecule has 0 saturated heterocycles. The van der Waals surface area contributed by atoms with Gasteiger partial charge in [-0.1, -0.05) is 23.7 Å². The van der Waals surface area contributed by atoms with Crippen molar-refractivity contribution < 1.29 is 28.5 Å². The Hall–Kier alpha value is -4.68. The van der Waals surface area contributed by atoms with Gasteiger partial charge in [-0.05, 0) is 74.0 Å². The maximum atomic E-state index is 12.7. The molecule has 0 saturated carbocycles. The maximum Gasteiger partial charge on any atom is 0.266 e. The van der Waals surface area contributed by atoms with E-state index in [-0.39, 0.29) is 35.3 Å². The van der Waals surface area contributed by atoms with Gasteiger partial charge in [-0.2, -0.15) is 5.26 Å². The van der Waals surface area contributed by atoms with Crippen LogP contribution in [0.1, 0.15) is 19.4 Å². The maximum absolute atomic E-state index is 12.7. The van der Waals surface area contributed by atoms with Crippen molar-refractivity contribution in [1.29, 1.82) is 5.26 Å². The van der Waals surface area contributed by atoms with Crippen LogP contribution in [-0.4, -0.2) is 38.7 Å². The number of anilines is 2. The van der Waals surface area contributed by atoms with Crippen molar-refractivity contribution in [3.8, 4) is 29.1 Å². The van der Waals surface area contributed by atoms with Gasteiger partial charge in [-0.3, -0.25) is 9.59 Å². The molecule has 0 heterocycles. The van der Waals surface area contributed by atoms with Crippen LogP contribution in [0, 0.1) is 11.3 Å². The summed E-state index contributed by atoms with van der Waals surface area (Å²) in [5, 5.41) is 15.2. The van der Waals surface area contributed by atoms with E-state index >= 15 is 0 Å². The van der Waals surface area contributed by atoms with Crippen LogP contribution < -0.4 is 29.6 Å². The summed E-state index contributed by atoms with van der Waals surface area (Å²) in [4.78, 5) is 25.2. The highest BCUT2D eigenvalue weighted by atomic mass is 35.5. The molecule has 0 aliphatic heterocycles. The minimum Gasteiger partial charge on any atom is -0.495 e. The highest BCUT2D eigenvalue weighted by Gasteiger charge is 2.17. The zero-order chi connectivity index (χ0) is 28.2. The van der Waals surface area contributed by atoms with Gasteiger partial charge in [-0.15, -0.1) is 0 Å². The molecule has 3 aromatic rings. The predicted octanol–water partition coefficient (Wildman–Crippen LogP) is 5.71. The Labute approximate surface area is 231 Å². The molecule has 0 fully saturated rings. The first kappa shape index (κ1) is 28.9. The van der Waals surface area contributed by atoms with Gasteiger partial charge in [0.1, 0.15) is 23.1 Å². The predicted molar refractivity (Wildman–Crippen MR) is 150 cm³/mol. The molecule has 0 bridgehead atoms. The third kappa shape index (κ3) is 8.15. The van der Waals surface area contributed by atoms with Gasteiger partial charge in [0, 0.05) is 5.69 Å². The molecule has 0 aromatic heterocycles. The smallest absolute Gasteiger partial charge is 0.266 e. The summed E-state index contributed by atoms with van der Waals surface area (Å²) in [6, 6.07) is 18.8. The number of para-hydroxylation sites is 2. The van der Waals surface area contributed by atoms with Crippen molar-refractivity contribution in [2.75, 3.05) is 37.6 Å². The Bertz CT molecular complexity index is 1380. The first-order valence-corrected chi connectivity index (χ1v) is 12.4. The number of benzene rings is 3. The van der Waals surface area contributed by atoms with Crippen molar-refractivity contribution in [2.45, 2.75) is 13.8 Å². The number of hydrogen-bond acceptors (Lipinski definition) is 7. The second-order valence-electron chi connectivity index (χ2n) is 7.88. The van der Waals surface area contributed by atoms with Crippen molar-refractivity contribution in [3.63, 3.8) is 0 Å². The quantitative estimate of drug-likeness (QED) is 0.219. The van der Waals surface area contributed by atoms with Gasteiger partial charge in [0.05, 0.1) is 31.0 Å². The molecule has 39 heavy (non-hydrogen) atoms. The molecule has 0 unspecified atom stereocenters. The van der Waals surface area contributed by atoms with Crippen LogP contribution in [-0.2, 0) is 9.59 Å². The van der Waals surface area contributed by atoms with Gasteiger partial charge in [0.2, 0.25) is 0 Å². The number of nitriles is 1. The average Bonchev–Trinajstić information content (AvgIpc) is 2.93. The van der Waals surface area contributed by atoms with Crippen LogP contribution in [0.25, 0.3) is 6.08 Å². The molecule has 202 valence electrons. The monoisotopic (exact) mass is 549 g/mol. The summed E-state index contributed by atoms with van der Waals surface area (Å²) < 4.78 is 22.0. The number of ether oxygens (including phenoxy) is 4. The lowest BCUT2D eigenvalue weighted by atomic mass is 10.1. The second kappa shape index (κ2) is 14.3. The van der Waals surface area contributed by atoms with Gasteiger partial charge in [-0.25, -0.2) is 0 Å². The third-order valence-corrected chi connectivity index (χ3v) is 5.44.